The number of esters is 1. The number of ether oxygens (including phenoxy) is 1. The Kier molecular flexibility index (Phi) is 5.00. The number of fused-ring (bicyclic) bond motifs is 5. The van der Waals surface area contributed by atoms with Gasteiger partial charge in [-0.15, -0.1) is 0 Å². The molecule has 0 spiro atoms. The Balaban J connectivity index is 1.91. The van der Waals surface area contributed by atoms with Crippen LogP contribution >= 0.6 is 0 Å². The van der Waals surface area contributed by atoms with Crippen LogP contribution in [-0.4, -0.2) is 35.2 Å². The van der Waals surface area contributed by atoms with Crippen LogP contribution in [0.25, 0.3) is 0 Å². The van der Waals surface area contributed by atoms with Gasteiger partial charge in [0.2, 0.25) is 11.6 Å². The molecule has 0 unspecified atom stereocenters. The second-order valence-corrected chi connectivity index (χ2v) is 6.44. The van der Waals surface area contributed by atoms with Crippen molar-refractivity contribution in [1.82, 2.24) is 5.32 Å². The van der Waals surface area contributed by atoms with Gasteiger partial charge >= 0.3 is 11.9 Å². The molecule has 2 aliphatic heterocycles. The number of rotatable bonds is 5. The van der Waals surface area contributed by atoms with Crippen molar-refractivity contribution in [3.8, 4) is 5.75 Å². The van der Waals surface area contributed by atoms with E-state index in [-0.39, 0.29) is 11.3 Å². The maximum Gasteiger partial charge on any atom is 0.358 e. The fraction of sp³-hybridized carbons (Fsp3) is 0.211. The Morgan fingerprint density at radius 2 is 1.75 bits per heavy atom. The van der Waals surface area contributed by atoms with Crippen LogP contribution < -0.4 is 15.0 Å². The maximum absolute atomic E-state index is 13.3. The summed E-state index contributed by atoms with van der Waals surface area (Å²) in [5.74, 6) is -4.32. The Morgan fingerprint density at radius 3 is 2.32 bits per heavy atom. The van der Waals surface area contributed by atoms with E-state index in [1.807, 2.05) is 0 Å². The molecular formula is C19H16F2N2O5. The van der Waals surface area contributed by atoms with E-state index in [2.05, 4.69) is 5.32 Å². The monoisotopic (exact) mass is 390 g/mol. The number of nitrogens with zero attached hydrogens (tertiary/aromatic N) is 1. The number of hydrogen-bond donors (Lipinski definition) is 2. The zero-order valence-electron chi connectivity index (χ0n) is 14.7. The smallest absolute Gasteiger partial charge is 0.358 e. The second-order valence-electron chi connectivity index (χ2n) is 6.44. The highest BCUT2D eigenvalue weighted by Gasteiger charge is 2.45. The van der Waals surface area contributed by atoms with Crippen LogP contribution in [0, 0.1) is 11.6 Å². The molecule has 2 bridgehead atoms. The number of carbonyl (C=O) groups excluding carboxylic acids is 2. The lowest BCUT2D eigenvalue weighted by Crippen LogP contribution is -2.66. The predicted octanol–water partition coefficient (Wildman–Crippen LogP) is 1.85. The number of benzene rings is 2. The molecule has 146 valence electrons. The Bertz CT molecular complexity index is 928. The van der Waals surface area contributed by atoms with Crippen molar-refractivity contribution in [2.24, 2.45) is 0 Å². The summed E-state index contributed by atoms with van der Waals surface area (Å²) >= 11 is 0. The summed E-state index contributed by atoms with van der Waals surface area (Å²) in [6, 6.07) is 8.77. The number of aliphatic carboxylic acids is 1. The average Bonchev–Trinajstić information content (AvgIpc) is 2.58. The van der Waals surface area contributed by atoms with Crippen LogP contribution in [0.2, 0.25) is 0 Å². The summed E-state index contributed by atoms with van der Waals surface area (Å²) in [6.45, 7) is 0.706. The molecule has 0 aromatic heterocycles. The predicted molar refractivity (Wildman–Crippen MR) is 93.7 cm³/mol. The lowest BCUT2D eigenvalue weighted by molar-refractivity contribution is -0.145. The summed E-state index contributed by atoms with van der Waals surface area (Å²) in [4.78, 5) is 37.7. The van der Waals surface area contributed by atoms with Crippen LogP contribution in [0.1, 0.15) is 12.5 Å². The average molecular weight is 390 g/mol. The summed E-state index contributed by atoms with van der Waals surface area (Å²) < 4.78 is 31.9. The topological polar surface area (TPSA) is 95.9 Å². The molecule has 28 heavy (non-hydrogen) atoms. The van der Waals surface area contributed by atoms with E-state index >= 15 is 0 Å². The number of carboxylic acids is 1. The number of nitrogens with one attached hydrogen (secondary N) is 1. The molecular weight excluding hydrogens is 374 g/mol. The van der Waals surface area contributed by atoms with E-state index in [4.69, 9.17) is 4.74 Å². The number of hydrogen-bond acceptors (Lipinski definition) is 5. The molecule has 1 atom stereocenters. The number of halogens is 2. The summed E-state index contributed by atoms with van der Waals surface area (Å²) in [5.41, 5.74) is -1.41. The molecule has 2 aromatic rings. The SMILES string of the molecule is C[C@@]1(NC(=O)Cc2cc(F)cc(F)c2)C(=O)Oc2ccc(cc2)N1CC(=O)O. The van der Waals surface area contributed by atoms with Crippen molar-refractivity contribution >= 4 is 23.5 Å². The molecule has 7 nitrogen and oxygen atoms in total. The van der Waals surface area contributed by atoms with Gasteiger partial charge < -0.3 is 20.1 Å². The van der Waals surface area contributed by atoms with Crippen molar-refractivity contribution in [3.05, 3.63) is 59.7 Å². The Hall–Kier alpha value is -3.49. The van der Waals surface area contributed by atoms with E-state index in [1.54, 1.807) is 12.1 Å². The first-order valence-corrected chi connectivity index (χ1v) is 8.25. The van der Waals surface area contributed by atoms with Gasteiger partial charge in [0.1, 0.15) is 23.9 Å². The first kappa shape index (κ1) is 19.3. The van der Waals surface area contributed by atoms with E-state index in [9.17, 15) is 28.3 Å². The van der Waals surface area contributed by atoms with Gasteiger partial charge in [0.05, 0.1) is 6.42 Å². The molecule has 0 radical (unpaired) electrons. The standard InChI is InChI=1S/C19H16F2N2O5/c1-19(22-16(24)8-11-6-12(20)9-13(21)7-11)18(27)28-15-4-2-14(3-5-15)23(19)10-17(25)26/h2-7,9H,8,10H2,1H3,(H,22,24)(H,25,26)/t19-/m0/s1. The van der Waals surface area contributed by atoms with Crippen molar-refractivity contribution in [1.29, 1.82) is 0 Å². The lowest BCUT2D eigenvalue weighted by Gasteiger charge is -2.41. The molecule has 0 saturated carbocycles. The zero-order chi connectivity index (χ0) is 20.5. The van der Waals surface area contributed by atoms with E-state index in [0.717, 1.165) is 12.1 Å². The Labute approximate surface area is 158 Å². The molecule has 2 aromatic carbocycles. The third-order valence-electron chi connectivity index (χ3n) is 4.26. The van der Waals surface area contributed by atoms with Crippen LogP contribution in [0.15, 0.2) is 42.5 Å². The number of carboxylic acid groups (broad SMARTS) is 1. The lowest BCUT2D eigenvalue weighted by atomic mass is 10.1. The van der Waals surface area contributed by atoms with Gasteiger partial charge in [-0.1, -0.05) is 0 Å². The minimum absolute atomic E-state index is 0.0611. The molecule has 0 fully saturated rings. The fourth-order valence-corrected chi connectivity index (χ4v) is 2.99. The number of amides is 1. The van der Waals surface area contributed by atoms with Gasteiger partial charge in [-0.2, -0.15) is 0 Å². The highest BCUT2D eigenvalue weighted by molar-refractivity contribution is 5.94. The quantitative estimate of drug-likeness (QED) is 0.598. The highest BCUT2D eigenvalue weighted by Crippen LogP contribution is 2.30. The molecule has 0 aliphatic carbocycles. The van der Waals surface area contributed by atoms with Gasteiger partial charge in [0, 0.05) is 11.8 Å². The minimum Gasteiger partial charge on any atom is -0.480 e. The summed E-state index contributed by atoms with van der Waals surface area (Å²) in [6.07, 6.45) is -0.421. The normalized spacial score (nSPS) is 18.2. The molecule has 2 aliphatic rings. The van der Waals surface area contributed by atoms with Crippen LogP contribution in [0.3, 0.4) is 0 Å². The summed E-state index contributed by atoms with van der Waals surface area (Å²) in [5, 5.41) is 11.7. The highest BCUT2D eigenvalue weighted by atomic mass is 19.1. The van der Waals surface area contributed by atoms with Crippen LogP contribution in [-0.2, 0) is 20.8 Å². The maximum atomic E-state index is 13.3. The molecule has 2 heterocycles. The molecule has 9 heteroatoms. The summed E-state index contributed by atoms with van der Waals surface area (Å²) in [7, 11) is 0. The van der Waals surface area contributed by atoms with Gasteiger partial charge in [0.25, 0.3) is 0 Å². The van der Waals surface area contributed by atoms with Gasteiger partial charge in [0.15, 0.2) is 0 Å². The van der Waals surface area contributed by atoms with Gasteiger partial charge in [-0.3, -0.25) is 9.59 Å². The van der Waals surface area contributed by atoms with E-state index in [0.29, 0.717) is 11.8 Å². The molecule has 2 N–H and O–H groups in total. The van der Waals surface area contributed by atoms with Crippen LogP contribution in [0.5, 0.6) is 5.75 Å². The number of carbonyl (C=O) groups is 3. The molecule has 4 rings (SSSR count). The van der Waals surface area contributed by atoms with Crippen LogP contribution in [0.4, 0.5) is 14.5 Å². The van der Waals surface area contributed by atoms with Crippen molar-refractivity contribution in [3.63, 3.8) is 0 Å². The first-order valence-electron chi connectivity index (χ1n) is 8.25. The molecule has 0 saturated heterocycles. The van der Waals surface area contributed by atoms with Gasteiger partial charge in [-0.25, -0.2) is 13.6 Å². The van der Waals surface area contributed by atoms with Crippen molar-refractivity contribution in [2.45, 2.75) is 19.0 Å². The largest absolute Gasteiger partial charge is 0.480 e. The van der Waals surface area contributed by atoms with Crippen molar-refractivity contribution < 1.29 is 33.0 Å². The Morgan fingerprint density at radius 1 is 1.14 bits per heavy atom. The second kappa shape index (κ2) is 7.26. The third kappa shape index (κ3) is 3.93. The van der Waals surface area contributed by atoms with E-state index < -0.39 is 48.1 Å². The zero-order valence-corrected chi connectivity index (χ0v) is 14.7. The van der Waals surface area contributed by atoms with Gasteiger partial charge in [-0.05, 0) is 48.9 Å². The first-order chi connectivity index (χ1) is 13.2. The van der Waals surface area contributed by atoms with E-state index in [1.165, 1.54) is 24.0 Å². The number of anilines is 1. The minimum atomic E-state index is -1.85. The molecule has 1 amide bonds. The van der Waals surface area contributed by atoms with Crippen molar-refractivity contribution in [2.75, 3.05) is 11.4 Å². The fourth-order valence-electron chi connectivity index (χ4n) is 2.99. The third-order valence-corrected chi connectivity index (χ3v) is 4.26.